The second-order valence-electron chi connectivity index (χ2n) is 5.08. The molecule has 1 aliphatic heterocycles. The normalized spacial score (nSPS) is 40.0. The van der Waals surface area contributed by atoms with Crippen LogP contribution in [0, 0.1) is 11.8 Å². The Labute approximate surface area is 102 Å². The Hall–Kier alpha value is 0.660. The zero-order chi connectivity index (χ0) is 10.7. The summed E-state index contributed by atoms with van der Waals surface area (Å²) in [5.41, 5.74) is 6.43. The van der Waals surface area contributed by atoms with Gasteiger partial charge in [0.05, 0.1) is 0 Å². The van der Waals surface area contributed by atoms with Crippen LogP contribution in [0.3, 0.4) is 0 Å². The molecule has 1 heterocycles. The molecule has 2 rings (SSSR count). The average Bonchev–Trinajstić information content (AvgIpc) is 2.30. The molecule has 0 aromatic heterocycles. The lowest BCUT2D eigenvalue weighted by molar-refractivity contribution is 0.254. The summed E-state index contributed by atoms with van der Waals surface area (Å²) in [6.45, 7) is 2.38. The first-order valence-electron chi connectivity index (χ1n) is 6.22. The van der Waals surface area contributed by atoms with Crippen molar-refractivity contribution in [3.05, 3.63) is 0 Å². The van der Waals surface area contributed by atoms with Crippen molar-refractivity contribution in [2.75, 3.05) is 17.3 Å². The van der Waals surface area contributed by atoms with Gasteiger partial charge in [0.25, 0.3) is 0 Å². The number of hydrogen-bond donors (Lipinski definition) is 1. The van der Waals surface area contributed by atoms with E-state index in [0.29, 0.717) is 6.04 Å². The largest absolute Gasteiger partial charge is 0.326 e. The van der Waals surface area contributed by atoms with Gasteiger partial charge in [0, 0.05) is 28.6 Å². The van der Waals surface area contributed by atoms with Crippen LogP contribution in [0.2, 0.25) is 0 Å². The van der Waals surface area contributed by atoms with Gasteiger partial charge in [-0.25, -0.2) is 0 Å². The van der Waals surface area contributed by atoms with Gasteiger partial charge in [0.2, 0.25) is 0 Å². The third-order valence-electron chi connectivity index (χ3n) is 3.88. The molecule has 2 unspecified atom stereocenters. The van der Waals surface area contributed by atoms with Gasteiger partial charge >= 0.3 is 0 Å². The molecular formula is C12H23NS2. The van der Waals surface area contributed by atoms with Crippen molar-refractivity contribution in [2.45, 2.75) is 43.9 Å². The predicted molar refractivity (Wildman–Crippen MR) is 72.7 cm³/mol. The molecule has 0 aromatic rings. The number of rotatable bonds is 2. The maximum atomic E-state index is 6.43. The van der Waals surface area contributed by atoms with Crippen molar-refractivity contribution in [2.24, 2.45) is 17.6 Å². The average molecular weight is 245 g/mol. The SMILES string of the molecule is CC1CCC(C(N)C2CSCCS2)CC1. The maximum Gasteiger partial charge on any atom is 0.0292 e. The van der Waals surface area contributed by atoms with E-state index in [4.69, 9.17) is 5.73 Å². The first kappa shape index (κ1) is 12.1. The van der Waals surface area contributed by atoms with E-state index < -0.39 is 0 Å². The molecule has 1 saturated heterocycles. The number of hydrogen-bond acceptors (Lipinski definition) is 3. The molecule has 1 saturated carbocycles. The molecule has 1 aliphatic carbocycles. The Bertz CT molecular complexity index is 184. The van der Waals surface area contributed by atoms with Gasteiger partial charge in [0.1, 0.15) is 0 Å². The lowest BCUT2D eigenvalue weighted by Gasteiger charge is -2.36. The summed E-state index contributed by atoms with van der Waals surface area (Å²) in [4.78, 5) is 0. The third-order valence-corrected chi connectivity index (χ3v) is 6.78. The van der Waals surface area contributed by atoms with Crippen molar-refractivity contribution in [1.29, 1.82) is 0 Å². The highest BCUT2D eigenvalue weighted by atomic mass is 32.2. The van der Waals surface area contributed by atoms with Crippen LogP contribution in [0.5, 0.6) is 0 Å². The summed E-state index contributed by atoms with van der Waals surface area (Å²) < 4.78 is 0. The monoisotopic (exact) mass is 245 g/mol. The zero-order valence-corrected chi connectivity index (χ0v) is 11.3. The molecule has 15 heavy (non-hydrogen) atoms. The Balaban J connectivity index is 1.81. The molecule has 0 radical (unpaired) electrons. The molecule has 1 nitrogen and oxygen atoms in total. The Morgan fingerprint density at radius 2 is 1.87 bits per heavy atom. The molecule has 2 N–H and O–H groups in total. The minimum atomic E-state index is 0.468. The molecule has 2 aliphatic rings. The van der Waals surface area contributed by atoms with Crippen LogP contribution in [0.1, 0.15) is 32.6 Å². The molecule has 3 heteroatoms. The van der Waals surface area contributed by atoms with E-state index in [0.717, 1.165) is 17.1 Å². The van der Waals surface area contributed by atoms with Crippen molar-refractivity contribution in [1.82, 2.24) is 0 Å². The predicted octanol–water partition coefficient (Wildman–Crippen LogP) is 2.99. The van der Waals surface area contributed by atoms with Crippen molar-refractivity contribution in [3.8, 4) is 0 Å². The van der Waals surface area contributed by atoms with E-state index in [9.17, 15) is 0 Å². The summed E-state index contributed by atoms with van der Waals surface area (Å²) in [5.74, 6) is 5.69. The molecule has 0 spiro atoms. The van der Waals surface area contributed by atoms with E-state index in [-0.39, 0.29) is 0 Å². The van der Waals surface area contributed by atoms with Crippen LogP contribution in [-0.2, 0) is 0 Å². The van der Waals surface area contributed by atoms with Crippen molar-refractivity contribution in [3.63, 3.8) is 0 Å². The Morgan fingerprint density at radius 1 is 1.13 bits per heavy atom. The van der Waals surface area contributed by atoms with Crippen molar-refractivity contribution < 1.29 is 0 Å². The van der Waals surface area contributed by atoms with Gasteiger partial charge in [-0.15, -0.1) is 0 Å². The Kier molecular flexibility index (Phi) is 4.71. The topological polar surface area (TPSA) is 26.0 Å². The van der Waals surface area contributed by atoms with Gasteiger partial charge in [-0.2, -0.15) is 23.5 Å². The summed E-state index contributed by atoms with van der Waals surface area (Å²) in [5, 5.41) is 0.738. The summed E-state index contributed by atoms with van der Waals surface area (Å²) >= 11 is 4.21. The van der Waals surface area contributed by atoms with Gasteiger partial charge in [-0.1, -0.05) is 19.8 Å². The molecule has 0 amide bonds. The highest BCUT2D eigenvalue weighted by molar-refractivity contribution is 8.06. The highest BCUT2D eigenvalue weighted by Crippen LogP contribution is 2.35. The fourth-order valence-corrected chi connectivity index (χ4v) is 5.60. The molecule has 0 aromatic carbocycles. The first-order valence-corrected chi connectivity index (χ1v) is 8.42. The maximum absolute atomic E-state index is 6.43. The lowest BCUT2D eigenvalue weighted by atomic mass is 9.79. The summed E-state index contributed by atoms with van der Waals surface area (Å²) in [6, 6.07) is 0.468. The standard InChI is InChI=1S/C12H23NS2/c1-9-2-4-10(5-3-9)12(13)11-8-14-6-7-15-11/h9-12H,2-8,13H2,1H3. The fraction of sp³-hybridized carbons (Fsp3) is 1.00. The second-order valence-corrected chi connectivity index (χ2v) is 7.58. The van der Waals surface area contributed by atoms with Crippen LogP contribution in [0.25, 0.3) is 0 Å². The van der Waals surface area contributed by atoms with Gasteiger partial charge in [0.15, 0.2) is 0 Å². The fourth-order valence-electron chi connectivity index (χ4n) is 2.70. The van der Waals surface area contributed by atoms with E-state index in [2.05, 4.69) is 30.4 Å². The molecule has 2 atom stereocenters. The molecule has 88 valence electrons. The van der Waals surface area contributed by atoms with Crippen molar-refractivity contribution >= 4 is 23.5 Å². The summed E-state index contributed by atoms with van der Waals surface area (Å²) in [7, 11) is 0. The minimum absolute atomic E-state index is 0.468. The second kappa shape index (κ2) is 5.83. The van der Waals surface area contributed by atoms with E-state index >= 15 is 0 Å². The highest BCUT2D eigenvalue weighted by Gasteiger charge is 2.30. The quantitative estimate of drug-likeness (QED) is 0.810. The first-order chi connectivity index (χ1) is 7.27. The molecular weight excluding hydrogens is 222 g/mol. The van der Waals surface area contributed by atoms with E-state index in [1.807, 2.05) is 0 Å². The smallest absolute Gasteiger partial charge is 0.0292 e. The minimum Gasteiger partial charge on any atom is -0.326 e. The lowest BCUT2D eigenvalue weighted by Crippen LogP contribution is -2.43. The third kappa shape index (κ3) is 3.31. The van der Waals surface area contributed by atoms with Gasteiger partial charge < -0.3 is 5.73 Å². The van der Waals surface area contributed by atoms with Crippen LogP contribution in [0.4, 0.5) is 0 Å². The van der Waals surface area contributed by atoms with Crippen LogP contribution >= 0.6 is 23.5 Å². The summed E-state index contributed by atoms with van der Waals surface area (Å²) in [6.07, 6.45) is 5.57. The Morgan fingerprint density at radius 3 is 2.47 bits per heavy atom. The van der Waals surface area contributed by atoms with Gasteiger partial charge in [-0.3, -0.25) is 0 Å². The molecule has 2 fully saturated rings. The van der Waals surface area contributed by atoms with E-state index in [1.54, 1.807) is 0 Å². The van der Waals surface area contributed by atoms with Crippen LogP contribution in [0.15, 0.2) is 0 Å². The van der Waals surface area contributed by atoms with Gasteiger partial charge in [-0.05, 0) is 24.7 Å². The van der Waals surface area contributed by atoms with E-state index in [1.165, 1.54) is 42.9 Å². The number of nitrogens with two attached hydrogens (primary N) is 1. The number of thioether (sulfide) groups is 2. The van der Waals surface area contributed by atoms with Crippen LogP contribution in [-0.4, -0.2) is 28.6 Å². The zero-order valence-electron chi connectivity index (χ0n) is 9.65. The molecule has 0 bridgehead atoms. The van der Waals surface area contributed by atoms with Crippen LogP contribution < -0.4 is 5.73 Å².